The number of rotatable bonds is 7. The molecule has 20 heavy (non-hydrogen) atoms. The topological polar surface area (TPSA) is 44.9 Å². The summed E-state index contributed by atoms with van der Waals surface area (Å²) in [6, 6.07) is 0. The van der Waals surface area contributed by atoms with E-state index in [1.165, 1.54) is 0 Å². The smallest absolute Gasteiger partial charge is 0.158 e. The van der Waals surface area contributed by atoms with Gasteiger partial charge in [-0.2, -0.15) is 5.10 Å². The van der Waals surface area contributed by atoms with Crippen molar-refractivity contribution < 1.29 is 4.74 Å². The molecule has 0 amide bonds. The van der Waals surface area contributed by atoms with Gasteiger partial charge in [0.15, 0.2) is 5.65 Å². The number of ether oxygens (including phenoxy) is 1. The normalized spacial score (nSPS) is 13.2. The number of halogens is 1. The maximum absolute atomic E-state index is 6.06. The minimum absolute atomic E-state index is 0.406. The molecule has 2 heterocycles. The molecular formula is C14H23ClN4O. The van der Waals surface area contributed by atoms with Gasteiger partial charge < -0.3 is 9.30 Å². The minimum atomic E-state index is 0.406. The lowest BCUT2D eigenvalue weighted by Crippen LogP contribution is -2.15. The summed E-state index contributed by atoms with van der Waals surface area (Å²) < 4.78 is 9.32. The second-order valence-electron chi connectivity index (χ2n) is 5.33. The summed E-state index contributed by atoms with van der Waals surface area (Å²) in [5.74, 6) is 1.74. The fraction of sp³-hybridized carbons (Fsp3) is 0.714. The Labute approximate surface area is 124 Å². The van der Waals surface area contributed by atoms with Crippen LogP contribution < -0.4 is 0 Å². The Hall–Kier alpha value is -1.07. The van der Waals surface area contributed by atoms with Crippen molar-refractivity contribution in [2.24, 2.45) is 13.0 Å². The van der Waals surface area contributed by atoms with Gasteiger partial charge in [0.1, 0.15) is 11.3 Å². The van der Waals surface area contributed by atoms with Crippen molar-refractivity contribution in [1.82, 2.24) is 19.3 Å². The SMILES string of the molecule is CCCc1nn(C)c2c1nc(CCl)n2CC(C)COC. The van der Waals surface area contributed by atoms with E-state index in [4.69, 9.17) is 21.3 Å². The van der Waals surface area contributed by atoms with Crippen LogP contribution >= 0.6 is 11.6 Å². The van der Waals surface area contributed by atoms with Crippen LogP contribution in [0.5, 0.6) is 0 Å². The van der Waals surface area contributed by atoms with Crippen molar-refractivity contribution in [2.75, 3.05) is 13.7 Å². The van der Waals surface area contributed by atoms with E-state index in [9.17, 15) is 0 Å². The maximum atomic E-state index is 6.06. The number of hydrogen-bond acceptors (Lipinski definition) is 3. The molecule has 0 bridgehead atoms. The highest BCUT2D eigenvalue weighted by Crippen LogP contribution is 2.23. The summed E-state index contributed by atoms with van der Waals surface area (Å²) in [6.45, 7) is 5.88. The number of alkyl halides is 1. The largest absolute Gasteiger partial charge is 0.384 e. The highest BCUT2D eigenvalue weighted by atomic mass is 35.5. The van der Waals surface area contributed by atoms with Gasteiger partial charge in [0.25, 0.3) is 0 Å². The van der Waals surface area contributed by atoms with Crippen LogP contribution in [0.2, 0.25) is 0 Å². The number of aromatic nitrogens is 4. The Bertz CT molecular complexity index is 575. The van der Waals surface area contributed by atoms with Crippen LogP contribution in [0.3, 0.4) is 0 Å². The molecule has 5 nitrogen and oxygen atoms in total. The number of aryl methyl sites for hydroxylation is 2. The standard InChI is InChI=1S/C14H23ClN4O/c1-5-6-11-13-14(18(3)17-11)19(12(7-15)16-13)8-10(2)9-20-4/h10H,5-9H2,1-4H3. The molecule has 0 fully saturated rings. The van der Waals surface area contributed by atoms with E-state index in [0.29, 0.717) is 11.8 Å². The lowest BCUT2D eigenvalue weighted by Gasteiger charge is -2.14. The monoisotopic (exact) mass is 298 g/mol. The van der Waals surface area contributed by atoms with Crippen molar-refractivity contribution >= 4 is 22.8 Å². The van der Waals surface area contributed by atoms with Gasteiger partial charge in [0.2, 0.25) is 0 Å². The van der Waals surface area contributed by atoms with Crippen molar-refractivity contribution in [3.05, 3.63) is 11.5 Å². The van der Waals surface area contributed by atoms with Crippen molar-refractivity contribution in [3.63, 3.8) is 0 Å². The molecule has 6 heteroatoms. The molecule has 0 aromatic carbocycles. The summed E-state index contributed by atoms with van der Waals surface area (Å²) in [5.41, 5.74) is 3.12. The first kappa shape index (κ1) is 15.3. The van der Waals surface area contributed by atoms with Crippen molar-refractivity contribution in [2.45, 2.75) is 39.1 Å². The van der Waals surface area contributed by atoms with Gasteiger partial charge >= 0.3 is 0 Å². The zero-order chi connectivity index (χ0) is 14.7. The summed E-state index contributed by atoms with van der Waals surface area (Å²) in [7, 11) is 3.70. The van der Waals surface area contributed by atoms with Crippen molar-refractivity contribution in [3.8, 4) is 0 Å². The highest BCUT2D eigenvalue weighted by molar-refractivity contribution is 6.16. The number of imidazole rings is 1. The first-order chi connectivity index (χ1) is 9.62. The minimum Gasteiger partial charge on any atom is -0.384 e. The van der Waals surface area contributed by atoms with E-state index >= 15 is 0 Å². The number of nitrogens with zero attached hydrogens (tertiary/aromatic N) is 4. The Morgan fingerprint density at radius 3 is 2.75 bits per heavy atom. The van der Waals surface area contributed by atoms with Crippen LogP contribution in [0.4, 0.5) is 0 Å². The third-order valence-corrected chi connectivity index (χ3v) is 3.66. The molecule has 0 N–H and O–H groups in total. The predicted octanol–water partition coefficient (Wildman–Crippen LogP) is 2.74. The Morgan fingerprint density at radius 2 is 2.15 bits per heavy atom. The van der Waals surface area contributed by atoms with E-state index in [2.05, 4.69) is 23.5 Å². The molecule has 0 aliphatic heterocycles. The summed E-state index contributed by atoms with van der Waals surface area (Å²) in [4.78, 5) is 4.69. The molecule has 0 radical (unpaired) electrons. The van der Waals surface area contributed by atoms with Gasteiger partial charge in [0.05, 0.1) is 18.2 Å². The van der Waals surface area contributed by atoms with E-state index in [1.807, 2.05) is 11.7 Å². The average molecular weight is 299 g/mol. The molecule has 0 aliphatic rings. The van der Waals surface area contributed by atoms with Gasteiger partial charge in [-0.1, -0.05) is 20.3 Å². The number of methoxy groups -OCH3 is 1. The average Bonchev–Trinajstić information content (AvgIpc) is 2.90. The van der Waals surface area contributed by atoms with Crippen LogP contribution in [-0.4, -0.2) is 33.0 Å². The summed E-state index contributed by atoms with van der Waals surface area (Å²) in [5, 5.41) is 4.59. The lowest BCUT2D eigenvalue weighted by molar-refractivity contribution is 0.151. The Morgan fingerprint density at radius 1 is 1.40 bits per heavy atom. The third kappa shape index (κ3) is 2.83. The molecule has 0 aliphatic carbocycles. The zero-order valence-electron chi connectivity index (χ0n) is 12.7. The number of fused-ring (bicyclic) bond motifs is 1. The molecule has 1 atom stereocenters. The summed E-state index contributed by atoms with van der Waals surface area (Å²) >= 11 is 6.06. The second-order valence-corrected chi connectivity index (χ2v) is 5.59. The van der Waals surface area contributed by atoms with Gasteiger partial charge in [-0.3, -0.25) is 4.68 Å². The molecular weight excluding hydrogens is 276 g/mol. The van der Waals surface area contributed by atoms with E-state index in [1.54, 1.807) is 7.11 Å². The fourth-order valence-electron chi connectivity index (χ4n) is 2.63. The second kappa shape index (κ2) is 6.59. The molecule has 112 valence electrons. The van der Waals surface area contributed by atoms with Gasteiger partial charge in [-0.25, -0.2) is 4.98 Å². The molecule has 2 rings (SSSR count). The Balaban J connectivity index is 2.45. The van der Waals surface area contributed by atoms with Crippen molar-refractivity contribution in [1.29, 1.82) is 0 Å². The predicted molar refractivity (Wildman–Crippen MR) is 81.1 cm³/mol. The van der Waals surface area contributed by atoms with Crippen LogP contribution in [-0.2, 0) is 30.6 Å². The van der Waals surface area contributed by atoms with Crippen LogP contribution in [0.25, 0.3) is 11.2 Å². The van der Waals surface area contributed by atoms with E-state index in [0.717, 1.165) is 48.7 Å². The third-order valence-electron chi connectivity index (χ3n) is 3.42. The number of hydrogen-bond donors (Lipinski definition) is 0. The molecule has 2 aromatic heterocycles. The maximum Gasteiger partial charge on any atom is 0.158 e. The quantitative estimate of drug-likeness (QED) is 0.738. The first-order valence-electron chi connectivity index (χ1n) is 7.08. The molecule has 1 unspecified atom stereocenters. The first-order valence-corrected chi connectivity index (χ1v) is 7.61. The van der Waals surface area contributed by atoms with Gasteiger partial charge in [-0.15, -0.1) is 11.6 Å². The van der Waals surface area contributed by atoms with E-state index < -0.39 is 0 Å². The molecule has 2 aromatic rings. The van der Waals surface area contributed by atoms with Crippen LogP contribution in [0.15, 0.2) is 0 Å². The molecule has 0 saturated carbocycles. The van der Waals surface area contributed by atoms with E-state index in [-0.39, 0.29) is 0 Å². The molecule has 0 spiro atoms. The van der Waals surface area contributed by atoms with Crippen LogP contribution in [0.1, 0.15) is 31.8 Å². The highest BCUT2D eigenvalue weighted by Gasteiger charge is 2.19. The van der Waals surface area contributed by atoms with Crippen LogP contribution in [0, 0.1) is 5.92 Å². The zero-order valence-corrected chi connectivity index (χ0v) is 13.4. The summed E-state index contributed by atoms with van der Waals surface area (Å²) in [6.07, 6.45) is 2.01. The van der Waals surface area contributed by atoms with Gasteiger partial charge in [0, 0.05) is 20.7 Å². The Kier molecular flexibility index (Phi) is 5.05. The van der Waals surface area contributed by atoms with Gasteiger partial charge in [-0.05, 0) is 12.3 Å². The fourth-order valence-corrected chi connectivity index (χ4v) is 2.84. The lowest BCUT2D eigenvalue weighted by atomic mass is 10.2. The molecule has 0 saturated heterocycles.